The molecule has 2 aromatic heterocycles. The summed E-state index contributed by atoms with van der Waals surface area (Å²) in [5.41, 5.74) is 3.48. The Hall–Kier alpha value is -2.82. The first-order valence-electron chi connectivity index (χ1n) is 7.09. The van der Waals surface area contributed by atoms with Crippen LogP contribution in [0.15, 0.2) is 48.7 Å². The fourth-order valence-corrected chi connectivity index (χ4v) is 2.62. The molecule has 0 aliphatic rings. The maximum atomic E-state index is 12.5. The summed E-state index contributed by atoms with van der Waals surface area (Å²) in [5, 5.41) is 7.42. The van der Waals surface area contributed by atoms with Gasteiger partial charge in [-0.2, -0.15) is 5.10 Å². The number of nitrogens with one attached hydrogen (secondary N) is 1. The van der Waals surface area contributed by atoms with Crippen LogP contribution in [-0.2, 0) is 14.1 Å². The summed E-state index contributed by atoms with van der Waals surface area (Å²) < 4.78 is 3.50. The van der Waals surface area contributed by atoms with Gasteiger partial charge in [-0.3, -0.25) is 9.48 Å². The molecule has 0 bridgehead atoms. The fraction of sp³-hybridized carbons (Fsp3) is 0.176. The van der Waals surface area contributed by atoms with Gasteiger partial charge in [-0.1, -0.05) is 30.3 Å². The molecule has 5 heteroatoms. The van der Waals surface area contributed by atoms with Crippen molar-refractivity contribution in [2.75, 3.05) is 5.32 Å². The van der Waals surface area contributed by atoms with Crippen LogP contribution in [0, 0.1) is 6.92 Å². The number of carbonyl (C=O) groups excluding carboxylic acids is 1. The zero-order valence-corrected chi connectivity index (χ0v) is 12.9. The smallest absolute Gasteiger partial charge is 0.273 e. The Morgan fingerprint density at radius 1 is 1.09 bits per heavy atom. The zero-order chi connectivity index (χ0) is 15.7. The Morgan fingerprint density at radius 2 is 1.82 bits per heavy atom. The summed E-state index contributed by atoms with van der Waals surface area (Å²) >= 11 is 0. The number of rotatable bonds is 3. The van der Waals surface area contributed by atoms with Gasteiger partial charge in [-0.25, -0.2) is 0 Å². The zero-order valence-electron chi connectivity index (χ0n) is 12.9. The van der Waals surface area contributed by atoms with E-state index in [1.807, 2.05) is 63.6 Å². The molecule has 1 N–H and O–H groups in total. The van der Waals surface area contributed by atoms with Crippen molar-refractivity contribution >= 4 is 11.7 Å². The molecule has 1 aromatic carbocycles. The molecule has 5 nitrogen and oxygen atoms in total. The first kappa shape index (κ1) is 14.1. The minimum atomic E-state index is -0.146. The van der Waals surface area contributed by atoms with Gasteiger partial charge in [0.15, 0.2) is 0 Å². The van der Waals surface area contributed by atoms with Crippen LogP contribution in [0.25, 0.3) is 11.1 Å². The van der Waals surface area contributed by atoms with Crippen LogP contribution in [0.3, 0.4) is 0 Å². The highest BCUT2D eigenvalue weighted by Gasteiger charge is 2.18. The lowest BCUT2D eigenvalue weighted by molar-refractivity contribution is 0.101. The van der Waals surface area contributed by atoms with Crippen LogP contribution in [0.2, 0.25) is 0 Å². The van der Waals surface area contributed by atoms with Gasteiger partial charge in [0.1, 0.15) is 11.5 Å². The van der Waals surface area contributed by atoms with Crippen molar-refractivity contribution in [1.29, 1.82) is 0 Å². The third-order valence-corrected chi connectivity index (χ3v) is 3.69. The third kappa shape index (κ3) is 2.41. The summed E-state index contributed by atoms with van der Waals surface area (Å²) in [6, 6.07) is 13.6. The molecule has 0 saturated heterocycles. The molecule has 3 aromatic rings. The fourth-order valence-electron chi connectivity index (χ4n) is 2.62. The van der Waals surface area contributed by atoms with Crippen molar-refractivity contribution in [3.8, 4) is 11.1 Å². The second-order valence-corrected chi connectivity index (χ2v) is 5.26. The van der Waals surface area contributed by atoms with Crippen LogP contribution in [0.1, 0.15) is 16.2 Å². The highest BCUT2D eigenvalue weighted by molar-refractivity contribution is 6.04. The number of amides is 1. The van der Waals surface area contributed by atoms with E-state index in [1.54, 1.807) is 15.3 Å². The van der Waals surface area contributed by atoms with Crippen molar-refractivity contribution < 1.29 is 4.79 Å². The van der Waals surface area contributed by atoms with Gasteiger partial charge >= 0.3 is 0 Å². The molecule has 112 valence electrons. The van der Waals surface area contributed by atoms with Gasteiger partial charge in [0.25, 0.3) is 5.91 Å². The van der Waals surface area contributed by atoms with Gasteiger partial charge in [0.2, 0.25) is 0 Å². The number of aryl methyl sites for hydroxylation is 3. The summed E-state index contributed by atoms with van der Waals surface area (Å²) in [7, 11) is 3.68. The third-order valence-electron chi connectivity index (χ3n) is 3.69. The molecule has 3 rings (SSSR count). The number of anilines is 1. The Morgan fingerprint density at radius 3 is 2.45 bits per heavy atom. The van der Waals surface area contributed by atoms with E-state index in [0.29, 0.717) is 11.5 Å². The first-order valence-corrected chi connectivity index (χ1v) is 7.09. The molecule has 0 atom stereocenters. The number of hydrogen-bond acceptors (Lipinski definition) is 2. The highest BCUT2D eigenvalue weighted by atomic mass is 16.2. The normalized spacial score (nSPS) is 10.7. The van der Waals surface area contributed by atoms with Crippen LogP contribution in [0.4, 0.5) is 5.82 Å². The molecular formula is C17H18N4O. The molecule has 0 fully saturated rings. The Kier molecular flexibility index (Phi) is 3.55. The summed E-state index contributed by atoms with van der Waals surface area (Å²) in [5.74, 6) is 0.558. The number of benzene rings is 1. The van der Waals surface area contributed by atoms with E-state index in [2.05, 4.69) is 10.4 Å². The predicted octanol–water partition coefficient (Wildman–Crippen LogP) is 2.99. The number of nitrogens with zero attached hydrogens (tertiary/aromatic N) is 3. The van der Waals surface area contributed by atoms with Crippen LogP contribution in [0.5, 0.6) is 0 Å². The predicted molar refractivity (Wildman–Crippen MR) is 86.7 cm³/mol. The van der Waals surface area contributed by atoms with E-state index in [4.69, 9.17) is 0 Å². The van der Waals surface area contributed by atoms with Gasteiger partial charge in [0, 0.05) is 25.9 Å². The number of aromatic nitrogens is 3. The average molecular weight is 294 g/mol. The molecule has 2 heterocycles. The Balaban J connectivity index is 2.01. The van der Waals surface area contributed by atoms with E-state index >= 15 is 0 Å². The molecule has 0 aliphatic carbocycles. The monoisotopic (exact) mass is 294 g/mol. The lowest BCUT2D eigenvalue weighted by Gasteiger charge is -2.09. The van der Waals surface area contributed by atoms with Crippen LogP contribution in [-0.4, -0.2) is 20.3 Å². The van der Waals surface area contributed by atoms with Gasteiger partial charge in [0.05, 0.1) is 5.69 Å². The van der Waals surface area contributed by atoms with E-state index in [9.17, 15) is 4.79 Å². The van der Waals surface area contributed by atoms with Crippen LogP contribution < -0.4 is 5.32 Å². The van der Waals surface area contributed by atoms with Crippen molar-refractivity contribution in [3.63, 3.8) is 0 Å². The minimum absolute atomic E-state index is 0.146. The molecular weight excluding hydrogens is 276 g/mol. The minimum Gasteiger partial charge on any atom is -0.347 e. The second-order valence-electron chi connectivity index (χ2n) is 5.26. The Bertz CT molecular complexity index is 815. The van der Waals surface area contributed by atoms with E-state index in [0.717, 1.165) is 16.8 Å². The second kappa shape index (κ2) is 5.52. The lowest BCUT2D eigenvalue weighted by Crippen LogP contribution is -2.17. The summed E-state index contributed by atoms with van der Waals surface area (Å²) in [6.07, 6.45) is 1.85. The molecule has 0 radical (unpaired) electrons. The van der Waals surface area contributed by atoms with Crippen molar-refractivity contribution in [2.24, 2.45) is 14.1 Å². The topological polar surface area (TPSA) is 51.9 Å². The lowest BCUT2D eigenvalue weighted by atomic mass is 10.1. The first-order chi connectivity index (χ1) is 10.6. The molecule has 0 saturated carbocycles. The van der Waals surface area contributed by atoms with E-state index in [-0.39, 0.29) is 5.91 Å². The number of carbonyl (C=O) groups is 1. The largest absolute Gasteiger partial charge is 0.347 e. The van der Waals surface area contributed by atoms with Crippen molar-refractivity contribution in [2.45, 2.75) is 6.92 Å². The SMILES string of the molecule is Cc1nn(C)c(NC(=O)c2cccn2C)c1-c1ccccc1. The van der Waals surface area contributed by atoms with Gasteiger partial charge in [-0.15, -0.1) is 0 Å². The van der Waals surface area contributed by atoms with Crippen molar-refractivity contribution in [1.82, 2.24) is 14.3 Å². The molecule has 0 unspecified atom stereocenters. The van der Waals surface area contributed by atoms with E-state index in [1.165, 1.54) is 0 Å². The van der Waals surface area contributed by atoms with Gasteiger partial charge in [-0.05, 0) is 24.6 Å². The number of hydrogen-bond donors (Lipinski definition) is 1. The molecule has 0 aliphatic heterocycles. The van der Waals surface area contributed by atoms with Crippen LogP contribution >= 0.6 is 0 Å². The highest BCUT2D eigenvalue weighted by Crippen LogP contribution is 2.31. The van der Waals surface area contributed by atoms with Crippen molar-refractivity contribution in [3.05, 3.63) is 60.0 Å². The molecule has 1 amide bonds. The van der Waals surface area contributed by atoms with Gasteiger partial charge < -0.3 is 9.88 Å². The summed E-state index contributed by atoms with van der Waals surface area (Å²) in [6.45, 7) is 1.94. The maximum absolute atomic E-state index is 12.5. The Labute approximate surface area is 129 Å². The molecule has 0 spiro atoms. The summed E-state index contributed by atoms with van der Waals surface area (Å²) in [4.78, 5) is 12.5. The van der Waals surface area contributed by atoms with E-state index < -0.39 is 0 Å². The quantitative estimate of drug-likeness (QED) is 0.807. The maximum Gasteiger partial charge on any atom is 0.273 e. The average Bonchev–Trinajstić information content (AvgIpc) is 3.04. The molecule has 22 heavy (non-hydrogen) atoms. The standard InChI is InChI=1S/C17H18N4O/c1-12-15(13-8-5-4-6-9-13)16(21(3)19-12)18-17(22)14-10-7-11-20(14)2/h4-11H,1-3H3,(H,18,22).